The lowest BCUT2D eigenvalue weighted by Crippen LogP contribution is -2.19. The van der Waals surface area contributed by atoms with E-state index in [2.05, 4.69) is 0 Å². The van der Waals surface area contributed by atoms with E-state index in [9.17, 15) is 0 Å². The van der Waals surface area contributed by atoms with Crippen LogP contribution in [-0.2, 0) is 0 Å². The molecule has 5 heteroatoms. The zero-order valence-corrected chi connectivity index (χ0v) is 9.92. The fourth-order valence-electron chi connectivity index (χ4n) is 1.71. The van der Waals surface area contributed by atoms with Crippen LogP contribution in [0.15, 0.2) is 17.0 Å². The number of benzene rings is 1. The van der Waals surface area contributed by atoms with E-state index >= 15 is 0 Å². The van der Waals surface area contributed by atoms with Gasteiger partial charge in [-0.2, -0.15) is 0 Å². The minimum Gasteiger partial charge on any atom is -0.486 e. The van der Waals surface area contributed by atoms with Gasteiger partial charge in [0.2, 0.25) is 0 Å². The molecule has 1 aromatic rings. The Balaban J connectivity index is 2.47. The second kappa shape index (κ2) is 4.95. The molecular weight excluding hydrogens is 226 g/mol. The number of thioether (sulfide) groups is 1. The predicted molar refractivity (Wildman–Crippen MR) is 63.2 cm³/mol. The molecule has 16 heavy (non-hydrogen) atoms. The highest BCUT2D eigenvalue weighted by Gasteiger charge is 2.21. The summed E-state index contributed by atoms with van der Waals surface area (Å²) in [4.78, 5) is 0.957. The summed E-state index contributed by atoms with van der Waals surface area (Å²) >= 11 is 1.56. The van der Waals surface area contributed by atoms with Gasteiger partial charge in [0.05, 0.1) is 17.5 Å². The maximum Gasteiger partial charge on any atom is 0.175 e. The minimum absolute atomic E-state index is 0.0762. The molecular formula is C11H15NO3S. The highest BCUT2D eigenvalue weighted by Crippen LogP contribution is 2.42. The number of ether oxygens (including phenoxy) is 2. The van der Waals surface area contributed by atoms with E-state index in [-0.39, 0.29) is 12.6 Å². The number of nitrogens with two attached hydrogens (primary N) is 1. The van der Waals surface area contributed by atoms with Crippen LogP contribution in [0.3, 0.4) is 0 Å². The zero-order valence-electron chi connectivity index (χ0n) is 9.10. The summed E-state index contributed by atoms with van der Waals surface area (Å²) in [5.74, 6) is 1.50. The molecule has 88 valence electrons. The Morgan fingerprint density at radius 3 is 2.88 bits per heavy atom. The molecule has 1 aliphatic heterocycles. The Morgan fingerprint density at radius 1 is 1.44 bits per heavy atom. The molecule has 1 heterocycles. The van der Waals surface area contributed by atoms with E-state index in [1.807, 2.05) is 18.4 Å². The molecule has 0 bridgehead atoms. The van der Waals surface area contributed by atoms with Crippen molar-refractivity contribution in [1.82, 2.24) is 0 Å². The highest BCUT2D eigenvalue weighted by atomic mass is 32.2. The van der Waals surface area contributed by atoms with Gasteiger partial charge in [0.15, 0.2) is 11.5 Å². The lowest BCUT2D eigenvalue weighted by atomic mass is 10.1. The first kappa shape index (κ1) is 11.6. The molecule has 1 unspecified atom stereocenters. The average Bonchev–Trinajstić information content (AvgIpc) is 2.36. The van der Waals surface area contributed by atoms with E-state index in [1.54, 1.807) is 11.8 Å². The monoisotopic (exact) mass is 241 g/mol. The molecule has 0 saturated carbocycles. The fraction of sp³-hybridized carbons (Fsp3) is 0.455. The summed E-state index contributed by atoms with van der Waals surface area (Å²) in [6.07, 6.45) is 1.96. The summed E-state index contributed by atoms with van der Waals surface area (Å²) in [6.45, 7) is 1.05. The van der Waals surface area contributed by atoms with Crippen LogP contribution in [0.1, 0.15) is 11.6 Å². The van der Waals surface area contributed by atoms with Crippen LogP contribution in [0.5, 0.6) is 11.5 Å². The molecule has 1 aliphatic rings. The molecule has 1 aromatic carbocycles. The molecule has 0 aromatic heterocycles. The predicted octanol–water partition coefficient (Wildman–Crippen LogP) is 1.17. The molecule has 0 amide bonds. The number of hydrogen-bond donors (Lipinski definition) is 2. The number of aliphatic hydroxyl groups excluding tert-OH is 1. The van der Waals surface area contributed by atoms with Gasteiger partial charge in [0, 0.05) is 0 Å². The number of aliphatic hydroxyl groups is 1. The van der Waals surface area contributed by atoms with Crippen molar-refractivity contribution < 1.29 is 14.6 Å². The van der Waals surface area contributed by atoms with E-state index < -0.39 is 0 Å². The highest BCUT2D eigenvalue weighted by molar-refractivity contribution is 7.98. The quantitative estimate of drug-likeness (QED) is 0.778. The van der Waals surface area contributed by atoms with Crippen LogP contribution in [0, 0.1) is 0 Å². The first-order valence-electron chi connectivity index (χ1n) is 5.11. The molecule has 0 saturated heterocycles. The normalized spacial score (nSPS) is 15.9. The topological polar surface area (TPSA) is 64.7 Å². The van der Waals surface area contributed by atoms with Crippen molar-refractivity contribution in [3.05, 3.63) is 17.7 Å². The molecule has 2 rings (SSSR count). The van der Waals surface area contributed by atoms with Crippen molar-refractivity contribution in [3.8, 4) is 11.5 Å². The molecule has 0 radical (unpaired) electrons. The lowest BCUT2D eigenvalue weighted by Gasteiger charge is -2.23. The molecule has 4 nitrogen and oxygen atoms in total. The number of fused-ring (bicyclic) bond motifs is 1. The standard InChI is InChI=1S/C11H15NO3S/c1-16-11-7(8(12)6-13)2-3-9-10(11)15-5-4-14-9/h2-3,8,13H,4-6,12H2,1H3. The molecule has 0 spiro atoms. The van der Waals surface area contributed by atoms with E-state index in [1.165, 1.54) is 0 Å². The summed E-state index contributed by atoms with van der Waals surface area (Å²) in [5, 5.41) is 9.11. The van der Waals surface area contributed by atoms with Gasteiger partial charge in [0.25, 0.3) is 0 Å². The Bertz CT molecular complexity index is 384. The van der Waals surface area contributed by atoms with Gasteiger partial charge < -0.3 is 20.3 Å². The van der Waals surface area contributed by atoms with Crippen LogP contribution < -0.4 is 15.2 Å². The second-order valence-electron chi connectivity index (χ2n) is 3.50. The van der Waals surface area contributed by atoms with Crippen molar-refractivity contribution in [2.45, 2.75) is 10.9 Å². The third-order valence-electron chi connectivity index (χ3n) is 2.49. The van der Waals surface area contributed by atoms with Gasteiger partial charge in [-0.05, 0) is 17.9 Å². The fourth-order valence-corrected chi connectivity index (χ4v) is 2.51. The van der Waals surface area contributed by atoms with Gasteiger partial charge in [-0.25, -0.2) is 0 Å². The minimum atomic E-state index is -0.377. The van der Waals surface area contributed by atoms with Crippen molar-refractivity contribution in [2.75, 3.05) is 26.1 Å². The van der Waals surface area contributed by atoms with Crippen LogP contribution in [-0.4, -0.2) is 31.2 Å². The second-order valence-corrected chi connectivity index (χ2v) is 4.32. The largest absolute Gasteiger partial charge is 0.486 e. The van der Waals surface area contributed by atoms with E-state index in [4.69, 9.17) is 20.3 Å². The van der Waals surface area contributed by atoms with Crippen LogP contribution >= 0.6 is 11.8 Å². The van der Waals surface area contributed by atoms with Crippen LogP contribution in [0.2, 0.25) is 0 Å². The maximum absolute atomic E-state index is 9.11. The zero-order chi connectivity index (χ0) is 11.5. The van der Waals surface area contributed by atoms with Crippen molar-refractivity contribution >= 4 is 11.8 Å². The molecule has 1 atom stereocenters. The Kier molecular flexibility index (Phi) is 3.58. The van der Waals surface area contributed by atoms with Gasteiger partial charge in [-0.15, -0.1) is 11.8 Å². The summed E-state index contributed by atoms with van der Waals surface area (Å²) in [5.41, 5.74) is 6.75. The third kappa shape index (κ3) is 1.98. The Labute approximate surface area is 98.7 Å². The Hall–Kier alpha value is -0.910. The third-order valence-corrected chi connectivity index (χ3v) is 3.32. The summed E-state index contributed by atoms with van der Waals surface area (Å²) < 4.78 is 11.1. The SMILES string of the molecule is CSc1c(C(N)CO)ccc2c1OCCO2. The van der Waals surface area contributed by atoms with Crippen molar-refractivity contribution in [2.24, 2.45) is 5.73 Å². The van der Waals surface area contributed by atoms with Gasteiger partial charge >= 0.3 is 0 Å². The number of rotatable bonds is 3. The van der Waals surface area contributed by atoms with Crippen LogP contribution in [0.4, 0.5) is 0 Å². The van der Waals surface area contributed by atoms with Gasteiger partial charge in [-0.3, -0.25) is 0 Å². The van der Waals surface area contributed by atoms with Gasteiger partial charge in [-0.1, -0.05) is 6.07 Å². The summed E-state index contributed by atoms with van der Waals surface area (Å²) in [6, 6.07) is 3.36. The van der Waals surface area contributed by atoms with Crippen molar-refractivity contribution in [3.63, 3.8) is 0 Å². The molecule has 0 aliphatic carbocycles. The van der Waals surface area contributed by atoms with E-state index in [0.29, 0.717) is 13.2 Å². The van der Waals surface area contributed by atoms with Gasteiger partial charge in [0.1, 0.15) is 13.2 Å². The lowest BCUT2D eigenvalue weighted by molar-refractivity contribution is 0.166. The van der Waals surface area contributed by atoms with E-state index in [0.717, 1.165) is 22.0 Å². The summed E-state index contributed by atoms with van der Waals surface area (Å²) in [7, 11) is 0. The Morgan fingerprint density at radius 2 is 2.19 bits per heavy atom. The number of hydrogen-bond acceptors (Lipinski definition) is 5. The van der Waals surface area contributed by atoms with Crippen LogP contribution in [0.25, 0.3) is 0 Å². The molecule has 0 fully saturated rings. The van der Waals surface area contributed by atoms with Crippen molar-refractivity contribution in [1.29, 1.82) is 0 Å². The maximum atomic E-state index is 9.11. The smallest absolute Gasteiger partial charge is 0.175 e. The first-order valence-corrected chi connectivity index (χ1v) is 6.33. The first-order chi connectivity index (χ1) is 7.77. The average molecular weight is 241 g/mol. The molecule has 3 N–H and O–H groups in total.